The van der Waals surface area contributed by atoms with Crippen LogP contribution in [0.3, 0.4) is 0 Å². The van der Waals surface area contributed by atoms with Crippen molar-refractivity contribution in [2.24, 2.45) is 0 Å². The van der Waals surface area contributed by atoms with E-state index >= 15 is 0 Å². The Labute approximate surface area is 149 Å². The lowest BCUT2D eigenvalue weighted by atomic mass is 10.1. The molecule has 2 aromatic carbocycles. The lowest BCUT2D eigenvalue weighted by molar-refractivity contribution is 0.102. The molecule has 0 spiro atoms. The van der Waals surface area contributed by atoms with Gasteiger partial charge < -0.3 is 9.84 Å². The highest BCUT2D eigenvalue weighted by molar-refractivity contribution is 6.05. The molecule has 6 heteroatoms. The second-order valence-corrected chi connectivity index (χ2v) is 5.52. The van der Waals surface area contributed by atoms with Gasteiger partial charge in [0.1, 0.15) is 0 Å². The highest BCUT2D eigenvalue weighted by Gasteiger charge is 2.15. The van der Waals surface area contributed by atoms with Crippen LogP contribution in [-0.2, 0) is 0 Å². The zero-order valence-corrected chi connectivity index (χ0v) is 13.7. The van der Waals surface area contributed by atoms with Gasteiger partial charge in [0.2, 0.25) is 5.82 Å². The highest BCUT2D eigenvalue weighted by atomic mass is 16.5. The number of benzene rings is 2. The largest absolute Gasteiger partial charge is 0.334 e. The summed E-state index contributed by atoms with van der Waals surface area (Å²) in [6.45, 7) is 0. The lowest BCUT2D eigenvalue weighted by Gasteiger charge is -2.08. The number of nitrogens with zero attached hydrogens (tertiary/aromatic N) is 3. The average Bonchev–Trinajstić information content (AvgIpc) is 3.20. The number of amides is 1. The SMILES string of the molecule is O=C(Nc1ccccc1-c1nc(-c2ccccc2)no1)c1ccncc1. The molecule has 0 atom stereocenters. The lowest BCUT2D eigenvalue weighted by Crippen LogP contribution is -2.12. The zero-order valence-electron chi connectivity index (χ0n) is 13.7. The van der Waals surface area contributed by atoms with Crippen molar-refractivity contribution in [2.75, 3.05) is 5.32 Å². The molecule has 1 amide bonds. The highest BCUT2D eigenvalue weighted by Crippen LogP contribution is 2.28. The van der Waals surface area contributed by atoms with E-state index in [0.29, 0.717) is 28.5 Å². The van der Waals surface area contributed by atoms with Gasteiger partial charge in [-0.2, -0.15) is 4.98 Å². The number of hydrogen-bond donors (Lipinski definition) is 1. The second kappa shape index (κ2) is 6.98. The summed E-state index contributed by atoms with van der Waals surface area (Å²) in [4.78, 5) is 20.8. The number of aromatic nitrogens is 3. The summed E-state index contributed by atoms with van der Waals surface area (Å²) in [5.74, 6) is 0.605. The Morgan fingerprint density at radius 3 is 2.42 bits per heavy atom. The Hall–Kier alpha value is -3.80. The molecule has 0 radical (unpaired) electrons. The van der Waals surface area contributed by atoms with Crippen LogP contribution in [0.5, 0.6) is 0 Å². The van der Waals surface area contributed by atoms with Crippen LogP contribution >= 0.6 is 0 Å². The van der Waals surface area contributed by atoms with Gasteiger partial charge in [-0.05, 0) is 24.3 Å². The number of para-hydroxylation sites is 1. The number of carbonyl (C=O) groups is 1. The van der Waals surface area contributed by atoms with Gasteiger partial charge in [0.05, 0.1) is 11.3 Å². The van der Waals surface area contributed by atoms with Crippen LogP contribution in [0.15, 0.2) is 83.6 Å². The van der Waals surface area contributed by atoms with E-state index in [1.807, 2.05) is 48.5 Å². The number of rotatable bonds is 4. The maximum absolute atomic E-state index is 12.4. The average molecular weight is 342 g/mol. The normalized spacial score (nSPS) is 10.5. The van der Waals surface area contributed by atoms with E-state index in [1.54, 1.807) is 30.6 Å². The Kier molecular flexibility index (Phi) is 4.22. The molecule has 0 aliphatic rings. The molecule has 0 saturated heterocycles. The first kappa shape index (κ1) is 15.7. The van der Waals surface area contributed by atoms with Crippen LogP contribution in [0, 0.1) is 0 Å². The molecule has 0 fully saturated rings. The predicted octanol–water partition coefficient (Wildman–Crippen LogP) is 4.05. The minimum Gasteiger partial charge on any atom is -0.334 e. The molecule has 0 aliphatic heterocycles. The molecule has 1 N–H and O–H groups in total. The first-order chi connectivity index (χ1) is 12.8. The van der Waals surface area contributed by atoms with Crippen molar-refractivity contribution in [1.82, 2.24) is 15.1 Å². The van der Waals surface area contributed by atoms with Gasteiger partial charge in [0, 0.05) is 23.5 Å². The summed E-state index contributed by atoms with van der Waals surface area (Å²) in [6.07, 6.45) is 3.15. The molecular weight excluding hydrogens is 328 g/mol. The van der Waals surface area contributed by atoms with Crippen molar-refractivity contribution in [3.05, 3.63) is 84.7 Å². The summed E-state index contributed by atoms with van der Waals surface area (Å²) in [5, 5.41) is 6.91. The van der Waals surface area contributed by atoms with Crippen molar-refractivity contribution >= 4 is 11.6 Å². The summed E-state index contributed by atoms with van der Waals surface area (Å²) in [6, 6.07) is 20.2. The maximum Gasteiger partial charge on any atom is 0.260 e. The van der Waals surface area contributed by atoms with Crippen LogP contribution < -0.4 is 5.32 Å². The Morgan fingerprint density at radius 1 is 0.885 bits per heavy atom. The molecule has 0 unspecified atom stereocenters. The monoisotopic (exact) mass is 342 g/mol. The van der Waals surface area contributed by atoms with Gasteiger partial charge in [-0.1, -0.05) is 47.6 Å². The van der Waals surface area contributed by atoms with E-state index in [4.69, 9.17) is 4.52 Å². The molecule has 0 bridgehead atoms. The van der Waals surface area contributed by atoms with Gasteiger partial charge in [0.15, 0.2) is 0 Å². The molecular formula is C20H14N4O2. The van der Waals surface area contributed by atoms with E-state index in [2.05, 4.69) is 20.4 Å². The Bertz CT molecular complexity index is 1030. The summed E-state index contributed by atoms with van der Waals surface area (Å²) < 4.78 is 5.41. The number of nitrogens with one attached hydrogen (secondary N) is 1. The van der Waals surface area contributed by atoms with Gasteiger partial charge in [0.25, 0.3) is 11.8 Å². The number of carbonyl (C=O) groups excluding carboxylic acids is 1. The molecule has 4 aromatic rings. The molecule has 4 rings (SSSR count). The van der Waals surface area contributed by atoms with Crippen LogP contribution in [0.1, 0.15) is 10.4 Å². The van der Waals surface area contributed by atoms with Crippen LogP contribution in [-0.4, -0.2) is 21.0 Å². The van der Waals surface area contributed by atoms with Crippen LogP contribution in [0.25, 0.3) is 22.8 Å². The van der Waals surface area contributed by atoms with Crippen molar-refractivity contribution < 1.29 is 9.32 Å². The van der Waals surface area contributed by atoms with Crippen molar-refractivity contribution in [3.63, 3.8) is 0 Å². The number of anilines is 1. The molecule has 2 aromatic heterocycles. The van der Waals surface area contributed by atoms with E-state index in [0.717, 1.165) is 5.56 Å². The second-order valence-electron chi connectivity index (χ2n) is 5.52. The fraction of sp³-hybridized carbons (Fsp3) is 0. The minimum absolute atomic E-state index is 0.234. The zero-order chi connectivity index (χ0) is 17.8. The first-order valence-electron chi connectivity index (χ1n) is 8.01. The fourth-order valence-electron chi connectivity index (χ4n) is 2.51. The van der Waals surface area contributed by atoms with Crippen LogP contribution in [0.4, 0.5) is 5.69 Å². The van der Waals surface area contributed by atoms with Crippen molar-refractivity contribution in [1.29, 1.82) is 0 Å². The predicted molar refractivity (Wildman–Crippen MR) is 97.4 cm³/mol. The molecule has 0 saturated carbocycles. The maximum atomic E-state index is 12.4. The van der Waals surface area contributed by atoms with Gasteiger partial charge in [-0.25, -0.2) is 0 Å². The topological polar surface area (TPSA) is 80.9 Å². The van der Waals surface area contributed by atoms with Crippen molar-refractivity contribution in [3.8, 4) is 22.8 Å². The quantitative estimate of drug-likeness (QED) is 0.605. The smallest absolute Gasteiger partial charge is 0.260 e. The van der Waals surface area contributed by atoms with Gasteiger partial charge in [-0.3, -0.25) is 9.78 Å². The molecule has 126 valence electrons. The third-order valence-corrected chi connectivity index (χ3v) is 3.81. The first-order valence-corrected chi connectivity index (χ1v) is 8.01. The Morgan fingerprint density at radius 2 is 1.62 bits per heavy atom. The van der Waals surface area contributed by atoms with Crippen molar-refractivity contribution in [2.45, 2.75) is 0 Å². The van der Waals surface area contributed by atoms with E-state index in [-0.39, 0.29) is 5.91 Å². The summed E-state index contributed by atoms with van der Waals surface area (Å²) >= 11 is 0. The minimum atomic E-state index is -0.234. The number of pyridine rings is 1. The fourth-order valence-corrected chi connectivity index (χ4v) is 2.51. The standard InChI is InChI=1S/C20H14N4O2/c25-19(15-10-12-21-13-11-15)22-17-9-5-4-8-16(17)20-23-18(24-26-20)14-6-2-1-3-7-14/h1-13H,(H,22,25). The van der Waals surface area contributed by atoms with E-state index < -0.39 is 0 Å². The third kappa shape index (κ3) is 3.21. The van der Waals surface area contributed by atoms with Crippen LogP contribution in [0.2, 0.25) is 0 Å². The van der Waals surface area contributed by atoms with E-state index in [1.165, 1.54) is 0 Å². The van der Waals surface area contributed by atoms with Gasteiger partial charge >= 0.3 is 0 Å². The molecule has 26 heavy (non-hydrogen) atoms. The Balaban J connectivity index is 1.64. The number of hydrogen-bond acceptors (Lipinski definition) is 5. The van der Waals surface area contributed by atoms with E-state index in [9.17, 15) is 4.79 Å². The van der Waals surface area contributed by atoms with Gasteiger partial charge in [-0.15, -0.1) is 0 Å². The molecule has 6 nitrogen and oxygen atoms in total. The third-order valence-electron chi connectivity index (χ3n) is 3.81. The summed E-state index contributed by atoms with van der Waals surface area (Å²) in [5.41, 5.74) is 2.63. The molecule has 2 heterocycles. The molecule has 0 aliphatic carbocycles. The summed E-state index contributed by atoms with van der Waals surface area (Å²) in [7, 11) is 0.